The molecule has 0 aliphatic carbocycles. The molecule has 2 unspecified atom stereocenters. The third-order valence-corrected chi connectivity index (χ3v) is 6.97. The molecule has 0 aliphatic rings. The third-order valence-electron chi connectivity index (χ3n) is 6.17. The topological polar surface area (TPSA) is 41.9 Å². The van der Waals surface area contributed by atoms with E-state index in [1.54, 1.807) is 30.3 Å². The van der Waals surface area contributed by atoms with Crippen LogP contribution in [0.2, 0.25) is 10.0 Å². The SMILES string of the molecule is OC(CN(c1ccccc1)C(Oc1cccc(Cl)c1Cl)c1cccc(OC(F)(F)C(F)F)c1)c1ccc(C(F)(F)F)cc1. The van der Waals surface area contributed by atoms with Gasteiger partial charge < -0.3 is 19.5 Å². The molecule has 4 nitrogen and oxygen atoms in total. The number of aliphatic hydroxyl groups excluding tert-OH is 1. The van der Waals surface area contributed by atoms with Crippen molar-refractivity contribution in [1.82, 2.24) is 0 Å². The molecule has 4 rings (SSSR count). The fourth-order valence-corrected chi connectivity index (χ4v) is 4.42. The van der Waals surface area contributed by atoms with Gasteiger partial charge in [0, 0.05) is 11.3 Å². The van der Waals surface area contributed by atoms with Crippen molar-refractivity contribution < 1.29 is 45.3 Å². The fourth-order valence-electron chi connectivity index (χ4n) is 4.08. The van der Waals surface area contributed by atoms with Gasteiger partial charge in [-0.15, -0.1) is 0 Å². The Bertz CT molecular complexity index is 1510. The number of alkyl halides is 7. The molecule has 228 valence electrons. The van der Waals surface area contributed by atoms with Crippen molar-refractivity contribution in [1.29, 1.82) is 0 Å². The van der Waals surface area contributed by atoms with E-state index in [0.29, 0.717) is 5.69 Å². The summed E-state index contributed by atoms with van der Waals surface area (Å²) in [5, 5.41) is 11.3. The summed E-state index contributed by atoms with van der Waals surface area (Å²) in [5.74, 6) is -0.557. The Kier molecular flexibility index (Phi) is 9.99. The van der Waals surface area contributed by atoms with E-state index in [-0.39, 0.29) is 33.5 Å². The Morgan fingerprint density at radius 1 is 0.767 bits per heavy atom. The molecular weight excluding hydrogens is 626 g/mol. The minimum absolute atomic E-state index is 0.00195. The van der Waals surface area contributed by atoms with Crippen LogP contribution in [0.3, 0.4) is 0 Å². The van der Waals surface area contributed by atoms with E-state index in [2.05, 4.69) is 4.74 Å². The highest BCUT2D eigenvalue weighted by Gasteiger charge is 2.44. The zero-order valence-corrected chi connectivity index (χ0v) is 23.3. The van der Waals surface area contributed by atoms with E-state index < -0.39 is 42.4 Å². The number of para-hydroxylation sites is 1. The number of ether oxygens (including phenoxy) is 2. The van der Waals surface area contributed by atoms with E-state index in [4.69, 9.17) is 27.9 Å². The second kappa shape index (κ2) is 13.3. The average molecular weight is 648 g/mol. The van der Waals surface area contributed by atoms with Gasteiger partial charge in [-0.1, -0.05) is 71.7 Å². The number of rotatable bonds is 11. The van der Waals surface area contributed by atoms with E-state index in [9.17, 15) is 35.8 Å². The minimum atomic E-state index is -4.79. The van der Waals surface area contributed by atoms with Crippen molar-refractivity contribution in [2.45, 2.75) is 31.0 Å². The first-order chi connectivity index (χ1) is 20.3. The number of nitrogens with zero attached hydrogens (tertiary/aromatic N) is 1. The first-order valence-corrected chi connectivity index (χ1v) is 13.2. The largest absolute Gasteiger partial charge is 0.465 e. The first kappa shape index (κ1) is 32.2. The molecule has 4 aromatic rings. The quantitative estimate of drug-likeness (QED) is 0.130. The smallest absolute Gasteiger partial charge is 0.461 e. The van der Waals surface area contributed by atoms with Crippen LogP contribution in [0, 0.1) is 0 Å². The van der Waals surface area contributed by atoms with Gasteiger partial charge >= 0.3 is 18.7 Å². The van der Waals surface area contributed by atoms with Crippen molar-refractivity contribution in [3.8, 4) is 11.5 Å². The number of halogens is 9. The number of hydrogen-bond acceptors (Lipinski definition) is 4. The summed E-state index contributed by atoms with van der Waals surface area (Å²) in [4.78, 5) is 1.49. The van der Waals surface area contributed by atoms with Crippen LogP contribution >= 0.6 is 23.2 Å². The average Bonchev–Trinajstić information content (AvgIpc) is 2.97. The molecule has 0 radical (unpaired) electrons. The standard InChI is InChI=1S/C30H22Cl2F7NO3/c31-23-10-5-11-25(26(23)32)42-27(19-6-4-9-22(16-19)43-30(38,39)28(33)34)40(21-7-2-1-3-8-21)17-24(41)18-12-14-20(15-13-18)29(35,36)37/h1-16,24,27-28,41H,17H2. The van der Waals surface area contributed by atoms with E-state index in [1.165, 1.54) is 35.2 Å². The van der Waals surface area contributed by atoms with Crippen molar-refractivity contribution >= 4 is 28.9 Å². The molecule has 0 saturated heterocycles. The first-order valence-electron chi connectivity index (χ1n) is 12.5. The van der Waals surface area contributed by atoms with Gasteiger partial charge in [-0.2, -0.15) is 30.7 Å². The summed E-state index contributed by atoms with van der Waals surface area (Å²) in [5.41, 5.74) is -0.220. The Labute approximate surface area is 251 Å². The Morgan fingerprint density at radius 2 is 1.42 bits per heavy atom. The molecule has 43 heavy (non-hydrogen) atoms. The normalized spacial score (nSPS) is 13.5. The van der Waals surface area contributed by atoms with Crippen LogP contribution in [0.25, 0.3) is 0 Å². The third kappa shape index (κ3) is 8.04. The summed E-state index contributed by atoms with van der Waals surface area (Å²) < 4.78 is 103. The second-order valence-electron chi connectivity index (χ2n) is 9.18. The summed E-state index contributed by atoms with van der Waals surface area (Å²) in [7, 11) is 0. The van der Waals surface area contributed by atoms with Gasteiger partial charge in [0.2, 0.25) is 0 Å². The van der Waals surface area contributed by atoms with Crippen LogP contribution in [-0.4, -0.2) is 24.2 Å². The maximum absolute atomic E-state index is 13.7. The lowest BCUT2D eigenvalue weighted by Gasteiger charge is -2.36. The highest BCUT2D eigenvalue weighted by molar-refractivity contribution is 6.42. The lowest BCUT2D eigenvalue weighted by atomic mass is 10.0. The molecule has 0 aromatic heterocycles. The fraction of sp³-hybridized carbons (Fsp3) is 0.200. The van der Waals surface area contributed by atoms with Gasteiger partial charge in [0.15, 0.2) is 6.23 Å². The van der Waals surface area contributed by atoms with Crippen molar-refractivity contribution in [3.05, 3.63) is 124 Å². The molecule has 0 heterocycles. The van der Waals surface area contributed by atoms with Gasteiger partial charge in [-0.3, -0.25) is 0 Å². The minimum Gasteiger partial charge on any atom is -0.465 e. The number of aliphatic hydroxyl groups is 1. The molecule has 13 heteroatoms. The van der Waals surface area contributed by atoms with Crippen molar-refractivity contribution in [2.75, 3.05) is 11.4 Å². The van der Waals surface area contributed by atoms with Gasteiger partial charge in [-0.25, -0.2) is 0 Å². The summed E-state index contributed by atoms with van der Waals surface area (Å²) >= 11 is 12.5. The van der Waals surface area contributed by atoms with Crippen LogP contribution in [-0.2, 0) is 6.18 Å². The summed E-state index contributed by atoms with van der Waals surface area (Å²) in [6, 6.07) is 21.6. The van der Waals surface area contributed by atoms with Gasteiger partial charge in [-0.05, 0) is 54.1 Å². The van der Waals surface area contributed by atoms with Crippen LogP contribution in [0.15, 0.2) is 97.1 Å². The van der Waals surface area contributed by atoms with Crippen LogP contribution in [0.5, 0.6) is 11.5 Å². The number of hydrogen-bond donors (Lipinski definition) is 1. The zero-order chi connectivity index (χ0) is 31.4. The van der Waals surface area contributed by atoms with E-state index in [1.807, 2.05) is 0 Å². The van der Waals surface area contributed by atoms with E-state index >= 15 is 0 Å². The Balaban J connectivity index is 1.79. The van der Waals surface area contributed by atoms with E-state index in [0.717, 1.165) is 36.4 Å². The summed E-state index contributed by atoms with van der Waals surface area (Å²) in [6.07, 6.45) is -16.1. The molecule has 0 amide bonds. The van der Waals surface area contributed by atoms with Gasteiger partial charge in [0.1, 0.15) is 16.5 Å². The Hall–Kier alpha value is -3.67. The Morgan fingerprint density at radius 3 is 2.05 bits per heavy atom. The number of anilines is 1. The van der Waals surface area contributed by atoms with Crippen molar-refractivity contribution in [2.24, 2.45) is 0 Å². The predicted molar refractivity (Wildman–Crippen MR) is 148 cm³/mol. The van der Waals surface area contributed by atoms with Crippen LogP contribution in [0.1, 0.15) is 29.0 Å². The highest BCUT2D eigenvalue weighted by Crippen LogP contribution is 2.39. The van der Waals surface area contributed by atoms with Gasteiger partial charge in [0.05, 0.1) is 23.2 Å². The maximum Gasteiger partial charge on any atom is 0.461 e. The molecule has 4 aromatic carbocycles. The second-order valence-corrected chi connectivity index (χ2v) is 9.97. The summed E-state index contributed by atoms with van der Waals surface area (Å²) in [6.45, 7) is -0.295. The van der Waals surface area contributed by atoms with Crippen LogP contribution in [0.4, 0.5) is 36.4 Å². The molecule has 2 atom stereocenters. The molecule has 0 aliphatic heterocycles. The lowest BCUT2D eigenvalue weighted by Crippen LogP contribution is -2.36. The molecule has 0 spiro atoms. The molecule has 0 saturated carbocycles. The molecular formula is C30H22Cl2F7NO3. The predicted octanol–water partition coefficient (Wildman–Crippen LogP) is 9.57. The molecule has 0 bridgehead atoms. The van der Waals surface area contributed by atoms with Crippen LogP contribution < -0.4 is 14.4 Å². The zero-order valence-electron chi connectivity index (χ0n) is 21.8. The number of benzene rings is 4. The molecule has 0 fully saturated rings. The highest BCUT2D eigenvalue weighted by atomic mass is 35.5. The lowest BCUT2D eigenvalue weighted by molar-refractivity contribution is -0.253. The van der Waals surface area contributed by atoms with Crippen molar-refractivity contribution in [3.63, 3.8) is 0 Å². The maximum atomic E-state index is 13.7. The molecule has 1 N–H and O–H groups in total. The van der Waals surface area contributed by atoms with Gasteiger partial charge in [0.25, 0.3) is 0 Å². The monoisotopic (exact) mass is 647 g/mol.